The average Bonchev–Trinajstić information content (AvgIpc) is 3.19. The van der Waals surface area contributed by atoms with E-state index in [2.05, 4.69) is 20.7 Å². The number of aromatic amines is 1. The van der Waals surface area contributed by atoms with Gasteiger partial charge in [0.15, 0.2) is 0 Å². The van der Waals surface area contributed by atoms with Gasteiger partial charge in [0.05, 0.1) is 5.56 Å². The SMILES string of the molecule is O=C(c1c[nH]c(=O)c2ccccc12)N1CCC[C@@H](c2nccn2CC2CCC2)C1. The highest BCUT2D eigenvalue weighted by atomic mass is 16.2. The monoisotopic (exact) mass is 390 g/mol. The van der Waals surface area contributed by atoms with Crippen molar-refractivity contribution in [2.75, 3.05) is 13.1 Å². The summed E-state index contributed by atoms with van der Waals surface area (Å²) in [6, 6.07) is 7.31. The van der Waals surface area contributed by atoms with E-state index in [-0.39, 0.29) is 17.4 Å². The lowest BCUT2D eigenvalue weighted by Crippen LogP contribution is -2.40. The predicted molar refractivity (Wildman–Crippen MR) is 112 cm³/mol. The number of hydrogen-bond acceptors (Lipinski definition) is 3. The van der Waals surface area contributed by atoms with Crippen LogP contribution in [0.4, 0.5) is 0 Å². The van der Waals surface area contributed by atoms with Gasteiger partial charge in [0.2, 0.25) is 0 Å². The van der Waals surface area contributed by atoms with Gasteiger partial charge in [-0.2, -0.15) is 0 Å². The number of nitrogens with one attached hydrogen (secondary N) is 1. The van der Waals surface area contributed by atoms with E-state index in [0.29, 0.717) is 17.5 Å². The van der Waals surface area contributed by atoms with Crippen molar-refractivity contribution in [1.82, 2.24) is 19.4 Å². The molecule has 2 fully saturated rings. The molecule has 29 heavy (non-hydrogen) atoms. The van der Waals surface area contributed by atoms with E-state index in [9.17, 15) is 9.59 Å². The van der Waals surface area contributed by atoms with Gasteiger partial charge < -0.3 is 14.5 Å². The Labute approximate surface area is 169 Å². The number of piperidine rings is 1. The number of likely N-dealkylation sites (tertiary alicyclic amines) is 1. The fourth-order valence-electron chi connectivity index (χ4n) is 4.72. The van der Waals surface area contributed by atoms with Gasteiger partial charge in [-0.15, -0.1) is 0 Å². The first-order chi connectivity index (χ1) is 14.2. The number of aromatic nitrogens is 3. The number of H-pyrrole nitrogens is 1. The van der Waals surface area contributed by atoms with Crippen molar-refractivity contribution in [3.05, 3.63) is 64.6 Å². The molecular weight excluding hydrogens is 364 g/mol. The first-order valence-corrected chi connectivity index (χ1v) is 10.6. The zero-order valence-corrected chi connectivity index (χ0v) is 16.5. The predicted octanol–water partition coefficient (Wildman–Crippen LogP) is 3.54. The molecule has 6 heteroatoms. The molecule has 1 aliphatic heterocycles. The molecule has 2 aromatic heterocycles. The Hall–Kier alpha value is -2.89. The van der Waals surface area contributed by atoms with Crippen molar-refractivity contribution in [1.29, 1.82) is 0 Å². The number of carbonyl (C=O) groups is 1. The van der Waals surface area contributed by atoms with E-state index in [4.69, 9.17) is 0 Å². The first-order valence-electron chi connectivity index (χ1n) is 10.6. The minimum absolute atomic E-state index is 0.0146. The number of hydrogen-bond donors (Lipinski definition) is 1. The summed E-state index contributed by atoms with van der Waals surface area (Å²) in [5.74, 6) is 2.13. The molecule has 1 saturated heterocycles. The lowest BCUT2D eigenvalue weighted by atomic mass is 9.85. The standard InChI is InChI=1S/C23H26N4O2/c28-22-19-9-2-1-8-18(19)20(13-25-22)23(29)27-11-4-7-17(15-27)21-24-10-12-26(21)14-16-5-3-6-16/h1-2,8-10,12-13,16-17H,3-7,11,14-15H2,(H,25,28)/t17-/m1/s1. The van der Waals surface area contributed by atoms with E-state index in [1.807, 2.05) is 29.3 Å². The van der Waals surface area contributed by atoms with Crippen LogP contribution in [-0.2, 0) is 6.54 Å². The number of imidazole rings is 1. The number of fused-ring (bicyclic) bond motifs is 1. The van der Waals surface area contributed by atoms with Crippen molar-refractivity contribution in [2.24, 2.45) is 5.92 Å². The molecule has 3 heterocycles. The van der Waals surface area contributed by atoms with Crippen LogP contribution in [0.25, 0.3) is 10.8 Å². The Kier molecular flexibility index (Phi) is 4.70. The highest BCUT2D eigenvalue weighted by Crippen LogP contribution is 2.31. The number of carbonyl (C=O) groups excluding carboxylic acids is 1. The van der Waals surface area contributed by atoms with Crippen LogP contribution in [0.1, 0.15) is 54.2 Å². The van der Waals surface area contributed by atoms with Gasteiger partial charge in [0.1, 0.15) is 5.82 Å². The largest absolute Gasteiger partial charge is 0.338 e. The van der Waals surface area contributed by atoms with Gasteiger partial charge in [-0.3, -0.25) is 9.59 Å². The minimum Gasteiger partial charge on any atom is -0.338 e. The summed E-state index contributed by atoms with van der Waals surface area (Å²) in [4.78, 5) is 34.7. The fourth-order valence-corrected chi connectivity index (χ4v) is 4.72. The zero-order chi connectivity index (χ0) is 19.8. The Morgan fingerprint density at radius 3 is 2.76 bits per heavy atom. The molecule has 1 aliphatic carbocycles. The lowest BCUT2D eigenvalue weighted by Gasteiger charge is -2.34. The van der Waals surface area contributed by atoms with Crippen molar-refractivity contribution in [3.63, 3.8) is 0 Å². The number of pyridine rings is 1. The van der Waals surface area contributed by atoms with Gasteiger partial charge in [-0.1, -0.05) is 24.6 Å². The van der Waals surface area contributed by atoms with Crippen LogP contribution < -0.4 is 5.56 Å². The third kappa shape index (κ3) is 3.37. The molecule has 0 spiro atoms. The molecule has 3 aromatic rings. The maximum Gasteiger partial charge on any atom is 0.255 e. The van der Waals surface area contributed by atoms with Crippen LogP contribution in [0.2, 0.25) is 0 Å². The zero-order valence-electron chi connectivity index (χ0n) is 16.5. The molecule has 1 atom stereocenters. The van der Waals surface area contributed by atoms with E-state index in [1.54, 1.807) is 12.3 Å². The van der Waals surface area contributed by atoms with Crippen LogP contribution in [0.15, 0.2) is 47.7 Å². The quantitative estimate of drug-likeness (QED) is 0.741. The van der Waals surface area contributed by atoms with Crippen molar-refractivity contribution in [3.8, 4) is 0 Å². The molecule has 0 radical (unpaired) electrons. The van der Waals surface area contributed by atoms with Crippen LogP contribution in [0.5, 0.6) is 0 Å². The summed E-state index contributed by atoms with van der Waals surface area (Å²) in [7, 11) is 0. The van der Waals surface area contributed by atoms with E-state index >= 15 is 0 Å². The third-order valence-electron chi connectivity index (χ3n) is 6.54. The molecule has 1 saturated carbocycles. The topological polar surface area (TPSA) is 71.0 Å². The molecule has 2 aliphatic rings. The number of amides is 1. The van der Waals surface area contributed by atoms with Gasteiger partial charge in [0, 0.05) is 54.9 Å². The summed E-state index contributed by atoms with van der Waals surface area (Å²) in [6.45, 7) is 2.46. The molecule has 0 unspecified atom stereocenters. The van der Waals surface area contributed by atoms with Crippen molar-refractivity contribution in [2.45, 2.75) is 44.6 Å². The van der Waals surface area contributed by atoms with Crippen molar-refractivity contribution >= 4 is 16.7 Å². The fraction of sp³-hybridized carbons (Fsp3) is 0.435. The second-order valence-corrected chi connectivity index (χ2v) is 8.40. The summed E-state index contributed by atoms with van der Waals surface area (Å²) >= 11 is 0. The summed E-state index contributed by atoms with van der Waals surface area (Å²) < 4.78 is 2.30. The summed E-state index contributed by atoms with van der Waals surface area (Å²) in [6.07, 6.45) is 11.5. The van der Waals surface area contributed by atoms with Crippen LogP contribution in [0, 0.1) is 5.92 Å². The Morgan fingerprint density at radius 2 is 1.97 bits per heavy atom. The molecule has 150 valence electrons. The number of nitrogens with zero attached hydrogens (tertiary/aromatic N) is 3. The minimum atomic E-state index is -0.160. The molecule has 6 nitrogen and oxygen atoms in total. The molecule has 5 rings (SSSR count). The second-order valence-electron chi connectivity index (χ2n) is 8.40. The number of rotatable bonds is 4. The van der Waals surface area contributed by atoms with Crippen LogP contribution in [-0.4, -0.2) is 38.4 Å². The summed E-state index contributed by atoms with van der Waals surface area (Å²) in [5.41, 5.74) is 0.408. The second kappa shape index (κ2) is 7.50. The number of benzene rings is 1. The Balaban J connectivity index is 1.39. The van der Waals surface area contributed by atoms with Gasteiger partial charge in [0.25, 0.3) is 11.5 Å². The smallest absolute Gasteiger partial charge is 0.255 e. The van der Waals surface area contributed by atoms with Crippen LogP contribution >= 0.6 is 0 Å². The molecule has 1 amide bonds. The van der Waals surface area contributed by atoms with E-state index in [0.717, 1.165) is 43.1 Å². The van der Waals surface area contributed by atoms with Crippen molar-refractivity contribution < 1.29 is 4.79 Å². The van der Waals surface area contributed by atoms with Crippen LogP contribution in [0.3, 0.4) is 0 Å². The van der Waals surface area contributed by atoms with Gasteiger partial charge in [-0.25, -0.2) is 4.98 Å². The molecular formula is C23H26N4O2. The van der Waals surface area contributed by atoms with E-state index < -0.39 is 0 Å². The van der Waals surface area contributed by atoms with Gasteiger partial charge in [-0.05, 0) is 37.7 Å². The maximum absolute atomic E-state index is 13.3. The Morgan fingerprint density at radius 1 is 1.14 bits per heavy atom. The van der Waals surface area contributed by atoms with E-state index in [1.165, 1.54) is 19.3 Å². The molecule has 1 N–H and O–H groups in total. The lowest BCUT2D eigenvalue weighted by molar-refractivity contribution is 0.0704. The first kappa shape index (κ1) is 18.2. The maximum atomic E-state index is 13.3. The summed E-state index contributed by atoms with van der Waals surface area (Å²) in [5, 5.41) is 1.28. The normalized spacial score (nSPS) is 20.0. The highest BCUT2D eigenvalue weighted by Gasteiger charge is 2.29. The average molecular weight is 390 g/mol. The Bertz CT molecular complexity index is 1100. The third-order valence-corrected chi connectivity index (χ3v) is 6.54. The molecule has 1 aromatic carbocycles. The molecule has 0 bridgehead atoms. The van der Waals surface area contributed by atoms with Gasteiger partial charge >= 0.3 is 0 Å². The highest BCUT2D eigenvalue weighted by molar-refractivity contribution is 6.06.